The lowest BCUT2D eigenvalue weighted by Crippen LogP contribution is -2.48. The summed E-state index contributed by atoms with van der Waals surface area (Å²) in [7, 11) is 1.67. The van der Waals surface area contributed by atoms with Gasteiger partial charge in [-0.15, -0.1) is 0 Å². The fourth-order valence-electron chi connectivity index (χ4n) is 2.90. The van der Waals surface area contributed by atoms with Crippen molar-refractivity contribution < 1.29 is 9.53 Å². The van der Waals surface area contributed by atoms with Crippen LogP contribution in [0, 0.1) is 0 Å². The number of anilines is 2. The minimum Gasteiger partial charge on any atom is -0.495 e. The molecule has 0 aromatic heterocycles. The van der Waals surface area contributed by atoms with E-state index in [4.69, 9.17) is 22.1 Å². The number of halogens is 1. The highest BCUT2D eigenvalue weighted by atomic mass is 35.5. The van der Waals surface area contributed by atoms with Gasteiger partial charge in [0.15, 0.2) is 0 Å². The van der Waals surface area contributed by atoms with Crippen LogP contribution in [0.3, 0.4) is 0 Å². The minimum atomic E-state index is -0.0157. The van der Waals surface area contributed by atoms with Crippen molar-refractivity contribution in [2.45, 2.75) is 0 Å². The van der Waals surface area contributed by atoms with Gasteiger partial charge in [0.05, 0.1) is 23.5 Å². The predicted molar refractivity (Wildman–Crippen MR) is 97.0 cm³/mol. The number of carbonyl (C=O) groups is 1. The Labute approximate surface area is 146 Å². The Morgan fingerprint density at radius 2 is 1.83 bits per heavy atom. The first-order valence-corrected chi connectivity index (χ1v) is 8.20. The lowest BCUT2D eigenvalue weighted by Gasteiger charge is -2.36. The van der Waals surface area contributed by atoms with Crippen molar-refractivity contribution in [3.63, 3.8) is 0 Å². The molecule has 1 heterocycles. The molecule has 0 unspecified atom stereocenters. The van der Waals surface area contributed by atoms with Crippen molar-refractivity contribution >= 4 is 28.9 Å². The van der Waals surface area contributed by atoms with Crippen molar-refractivity contribution in [2.24, 2.45) is 0 Å². The second kappa shape index (κ2) is 7.01. The summed E-state index contributed by atoms with van der Waals surface area (Å²) < 4.78 is 5.42. The van der Waals surface area contributed by atoms with Crippen LogP contribution in [0.25, 0.3) is 0 Å². The number of nitrogens with zero attached hydrogens (tertiary/aromatic N) is 2. The molecule has 126 valence electrons. The average molecular weight is 346 g/mol. The van der Waals surface area contributed by atoms with Crippen molar-refractivity contribution in [2.75, 3.05) is 43.9 Å². The summed E-state index contributed by atoms with van der Waals surface area (Å²) in [5.41, 5.74) is 7.85. The number of hydrogen-bond acceptors (Lipinski definition) is 4. The van der Waals surface area contributed by atoms with Gasteiger partial charge in [-0.1, -0.05) is 23.7 Å². The number of amides is 1. The molecule has 0 saturated carbocycles. The summed E-state index contributed by atoms with van der Waals surface area (Å²) in [6.45, 7) is 2.82. The van der Waals surface area contributed by atoms with Crippen LogP contribution in [0.15, 0.2) is 42.5 Å². The topological polar surface area (TPSA) is 58.8 Å². The number of nitrogens with two attached hydrogens (primary N) is 1. The third kappa shape index (κ3) is 3.26. The highest BCUT2D eigenvalue weighted by molar-refractivity contribution is 6.33. The van der Waals surface area contributed by atoms with Crippen LogP contribution in [-0.2, 0) is 0 Å². The first-order chi connectivity index (χ1) is 11.6. The smallest absolute Gasteiger partial charge is 0.254 e. The number of para-hydroxylation sites is 2. The molecule has 0 bridgehead atoms. The van der Waals surface area contributed by atoms with Gasteiger partial charge in [-0.25, -0.2) is 0 Å². The van der Waals surface area contributed by atoms with Crippen LogP contribution < -0.4 is 15.4 Å². The maximum atomic E-state index is 12.6. The molecule has 1 fully saturated rings. The first-order valence-electron chi connectivity index (χ1n) is 7.82. The van der Waals surface area contributed by atoms with E-state index in [-0.39, 0.29) is 5.91 Å². The van der Waals surface area contributed by atoms with E-state index in [9.17, 15) is 4.79 Å². The van der Waals surface area contributed by atoms with Gasteiger partial charge in [0.25, 0.3) is 5.91 Å². The molecule has 6 heteroatoms. The summed E-state index contributed by atoms with van der Waals surface area (Å²) in [6.07, 6.45) is 0. The molecular formula is C18H20ClN3O2. The molecule has 3 rings (SSSR count). The number of rotatable bonds is 3. The Kier molecular flexibility index (Phi) is 4.81. The van der Waals surface area contributed by atoms with E-state index in [2.05, 4.69) is 4.90 Å². The number of hydrogen-bond donors (Lipinski definition) is 1. The Morgan fingerprint density at radius 1 is 1.12 bits per heavy atom. The van der Waals surface area contributed by atoms with Gasteiger partial charge in [-0.2, -0.15) is 0 Å². The van der Waals surface area contributed by atoms with Gasteiger partial charge in [0.1, 0.15) is 5.75 Å². The van der Waals surface area contributed by atoms with Crippen LogP contribution in [0.5, 0.6) is 5.75 Å². The number of methoxy groups -OCH3 is 1. The number of piperazine rings is 1. The summed E-state index contributed by atoms with van der Waals surface area (Å²) >= 11 is 5.92. The van der Waals surface area contributed by atoms with E-state index in [1.165, 1.54) is 0 Å². The maximum absolute atomic E-state index is 12.6. The molecule has 0 radical (unpaired) electrons. The molecule has 1 aliphatic rings. The normalized spacial score (nSPS) is 14.6. The molecule has 2 N–H and O–H groups in total. The van der Waals surface area contributed by atoms with Crippen LogP contribution in [-0.4, -0.2) is 44.1 Å². The molecular weight excluding hydrogens is 326 g/mol. The molecule has 0 spiro atoms. The lowest BCUT2D eigenvalue weighted by molar-refractivity contribution is 0.0747. The SMILES string of the molecule is COc1ccccc1N1CCN(C(=O)c2ccc(Cl)c(N)c2)CC1. The fraction of sp³-hybridized carbons (Fsp3) is 0.278. The van der Waals surface area contributed by atoms with E-state index in [1.807, 2.05) is 29.2 Å². The number of benzene rings is 2. The van der Waals surface area contributed by atoms with Gasteiger partial charge >= 0.3 is 0 Å². The lowest BCUT2D eigenvalue weighted by atomic mass is 10.1. The number of nitrogen functional groups attached to an aromatic ring is 1. The molecule has 1 aliphatic heterocycles. The Balaban J connectivity index is 1.68. The molecule has 1 amide bonds. The molecule has 5 nitrogen and oxygen atoms in total. The van der Waals surface area contributed by atoms with Crippen molar-refractivity contribution in [1.29, 1.82) is 0 Å². The molecule has 24 heavy (non-hydrogen) atoms. The Morgan fingerprint density at radius 3 is 2.50 bits per heavy atom. The standard InChI is InChI=1S/C18H20ClN3O2/c1-24-17-5-3-2-4-16(17)21-8-10-22(11-9-21)18(23)13-6-7-14(19)15(20)12-13/h2-7,12H,8-11,20H2,1H3. The van der Waals surface area contributed by atoms with E-state index >= 15 is 0 Å². The highest BCUT2D eigenvalue weighted by Crippen LogP contribution is 2.28. The van der Waals surface area contributed by atoms with Crippen LogP contribution in [0.4, 0.5) is 11.4 Å². The molecule has 0 aliphatic carbocycles. The van der Waals surface area contributed by atoms with E-state index in [0.29, 0.717) is 29.4 Å². The zero-order valence-electron chi connectivity index (χ0n) is 13.5. The molecule has 0 atom stereocenters. The molecule has 2 aromatic carbocycles. The molecule has 1 saturated heterocycles. The number of carbonyl (C=O) groups excluding carboxylic acids is 1. The van der Waals surface area contributed by atoms with Crippen LogP contribution in [0.2, 0.25) is 5.02 Å². The van der Waals surface area contributed by atoms with Gasteiger partial charge in [0.2, 0.25) is 0 Å². The van der Waals surface area contributed by atoms with E-state index in [0.717, 1.165) is 24.5 Å². The Hall–Kier alpha value is -2.40. The van der Waals surface area contributed by atoms with E-state index < -0.39 is 0 Å². The quantitative estimate of drug-likeness (QED) is 0.869. The summed E-state index contributed by atoms with van der Waals surface area (Å²) in [5.74, 6) is 0.834. The van der Waals surface area contributed by atoms with E-state index in [1.54, 1.807) is 25.3 Å². The monoisotopic (exact) mass is 345 g/mol. The van der Waals surface area contributed by atoms with Crippen LogP contribution >= 0.6 is 11.6 Å². The maximum Gasteiger partial charge on any atom is 0.254 e. The summed E-state index contributed by atoms with van der Waals surface area (Å²) in [4.78, 5) is 16.7. The largest absolute Gasteiger partial charge is 0.495 e. The van der Waals surface area contributed by atoms with Gasteiger partial charge in [0, 0.05) is 31.7 Å². The minimum absolute atomic E-state index is 0.0157. The highest BCUT2D eigenvalue weighted by Gasteiger charge is 2.23. The predicted octanol–water partition coefficient (Wildman–Crippen LogP) is 2.89. The van der Waals surface area contributed by atoms with Crippen LogP contribution in [0.1, 0.15) is 10.4 Å². The third-order valence-electron chi connectivity index (χ3n) is 4.24. The number of ether oxygens (including phenoxy) is 1. The Bertz CT molecular complexity index is 743. The second-order valence-corrected chi connectivity index (χ2v) is 6.09. The summed E-state index contributed by atoms with van der Waals surface area (Å²) in [5, 5.41) is 0.465. The van der Waals surface area contributed by atoms with Gasteiger partial charge < -0.3 is 20.3 Å². The van der Waals surface area contributed by atoms with Gasteiger partial charge in [-0.05, 0) is 30.3 Å². The fourth-order valence-corrected chi connectivity index (χ4v) is 3.02. The second-order valence-electron chi connectivity index (χ2n) is 5.69. The zero-order chi connectivity index (χ0) is 17.1. The first kappa shape index (κ1) is 16.5. The molecule has 2 aromatic rings. The third-order valence-corrected chi connectivity index (χ3v) is 4.58. The zero-order valence-corrected chi connectivity index (χ0v) is 14.3. The van der Waals surface area contributed by atoms with Gasteiger partial charge in [-0.3, -0.25) is 4.79 Å². The van der Waals surface area contributed by atoms with Crippen molar-refractivity contribution in [3.05, 3.63) is 53.1 Å². The van der Waals surface area contributed by atoms with Crippen molar-refractivity contribution in [3.8, 4) is 5.75 Å². The average Bonchev–Trinajstić information content (AvgIpc) is 2.63. The van der Waals surface area contributed by atoms with Crippen molar-refractivity contribution in [1.82, 2.24) is 4.90 Å². The summed E-state index contributed by atoms with van der Waals surface area (Å²) in [6, 6.07) is 12.9.